The molecule has 150 valence electrons. The standard InChI is InChI=1S/C22H32O5/c1-2-3-8-12-18-19(21(25)16-20(18)24)15-14-17(23)11-9-6-4-5-7-10-13-22(26)27/h3,5-9,14-15,17-19,21,23,25H,2,4,10-13,16H2,1H3,(H,26,27)/b7-5-,8-3-,9-6-,15-14+/t17-,18+,19-,21+/m1/s1. The molecular weight excluding hydrogens is 344 g/mol. The summed E-state index contributed by atoms with van der Waals surface area (Å²) in [6.07, 6.45) is 17.2. The van der Waals surface area contributed by atoms with Crippen LogP contribution in [0, 0.1) is 11.8 Å². The molecule has 0 aromatic carbocycles. The van der Waals surface area contributed by atoms with E-state index in [2.05, 4.69) is 0 Å². The van der Waals surface area contributed by atoms with Gasteiger partial charge in [0.25, 0.3) is 0 Å². The predicted molar refractivity (Wildman–Crippen MR) is 106 cm³/mol. The van der Waals surface area contributed by atoms with Crippen molar-refractivity contribution in [2.24, 2.45) is 11.8 Å². The number of hydrogen-bond acceptors (Lipinski definition) is 4. The van der Waals surface area contributed by atoms with Crippen molar-refractivity contribution in [2.75, 3.05) is 0 Å². The number of carboxylic acids is 1. The van der Waals surface area contributed by atoms with E-state index in [-0.39, 0.29) is 30.5 Å². The monoisotopic (exact) mass is 376 g/mol. The average Bonchev–Trinajstić information content (AvgIpc) is 2.88. The summed E-state index contributed by atoms with van der Waals surface area (Å²) in [5, 5.41) is 28.7. The molecule has 5 heteroatoms. The number of carbonyl (C=O) groups excluding carboxylic acids is 1. The third-order valence-electron chi connectivity index (χ3n) is 4.59. The zero-order chi connectivity index (χ0) is 20.1. The number of rotatable bonds is 12. The maximum atomic E-state index is 12.0. The van der Waals surface area contributed by atoms with E-state index in [9.17, 15) is 19.8 Å². The van der Waals surface area contributed by atoms with Gasteiger partial charge in [0.2, 0.25) is 0 Å². The molecule has 0 aromatic rings. The number of aliphatic carboxylic acids is 1. The fraction of sp³-hybridized carbons (Fsp3) is 0.545. The van der Waals surface area contributed by atoms with Crippen molar-refractivity contribution in [2.45, 2.75) is 64.1 Å². The van der Waals surface area contributed by atoms with Crippen molar-refractivity contribution in [3.63, 3.8) is 0 Å². The highest BCUT2D eigenvalue weighted by atomic mass is 16.4. The largest absolute Gasteiger partial charge is 0.481 e. The molecule has 1 fully saturated rings. The first-order valence-electron chi connectivity index (χ1n) is 9.69. The van der Waals surface area contributed by atoms with Crippen LogP contribution in [0.5, 0.6) is 0 Å². The number of aliphatic hydroxyl groups excluding tert-OH is 2. The summed E-state index contributed by atoms with van der Waals surface area (Å²) < 4.78 is 0. The van der Waals surface area contributed by atoms with Gasteiger partial charge in [-0.1, -0.05) is 55.5 Å². The smallest absolute Gasteiger partial charge is 0.303 e. The first-order chi connectivity index (χ1) is 13.0. The van der Waals surface area contributed by atoms with Gasteiger partial charge in [-0.05, 0) is 32.1 Å². The zero-order valence-corrected chi connectivity index (χ0v) is 16.0. The number of carbonyl (C=O) groups is 2. The first kappa shape index (κ1) is 23.1. The molecule has 1 aliphatic rings. The first-order valence-corrected chi connectivity index (χ1v) is 9.69. The highest BCUT2D eigenvalue weighted by molar-refractivity contribution is 5.84. The molecule has 0 bridgehead atoms. The van der Waals surface area contributed by atoms with Crippen molar-refractivity contribution in [1.29, 1.82) is 0 Å². The number of hydrogen-bond donors (Lipinski definition) is 3. The molecule has 0 spiro atoms. The minimum absolute atomic E-state index is 0.0852. The molecule has 0 aromatic heterocycles. The molecule has 0 heterocycles. The van der Waals surface area contributed by atoms with Crippen molar-refractivity contribution in [3.05, 3.63) is 48.6 Å². The summed E-state index contributed by atoms with van der Waals surface area (Å²) in [5.41, 5.74) is 0. The summed E-state index contributed by atoms with van der Waals surface area (Å²) >= 11 is 0. The van der Waals surface area contributed by atoms with Gasteiger partial charge in [-0.25, -0.2) is 0 Å². The second-order valence-electron chi connectivity index (χ2n) is 6.84. The molecule has 27 heavy (non-hydrogen) atoms. The molecule has 0 radical (unpaired) electrons. The topological polar surface area (TPSA) is 94.8 Å². The minimum Gasteiger partial charge on any atom is -0.481 e. The van der Waals surface area contributed by atoms with Gasteiger partial charge in [0.05, 0.1) is 12.2 Å². The van der Waals surface area contributed by atoms with Crippen LogP contribution in [0.3, 0.4) is 0 Å². The van der Waals surface area contributed by atoms with Gasteiger partial charge in [0.1, 0.15) is 5.78 Å². The Morgan fingerprint density at radius 2 is 1.93 bits per heavy atom. The Balaban J connectivity index is 2.40. The van der Waals surface area contributed by atoms with E-state index in [1.165, 1.54) is 0 Å². The normalized spacial score (nSPS) is 24.9. The molecule has 1 rings (SSSR count). The van der Waals surface area contributed by atoms with Crippen LogP contribution >= 0.6 is 0 Å². The van der Waals surface area contributed by atoms with Crippen LogP contribution in [0.4, 0.5) is 0 Å². The number of carboxylic acid groups (broad SMARTS) is 1. The van der Waals surface area contributed by atoms with Gasteiger partial charge >= 0.3 is 5.97 Å². The van der Waals surface area contributed by atoms with Crippen molar-refractivity contribution < 1.29 is 24.9 Å². The maximum Gasteiger partial charge on any atom is 0.303 e. The molecule has 1 aliphatic carbocycles. The van der Waals surface area contributed by atoms with E-state index in [1.807, 2.05) is 43.4 Å². The van der Waals surface area contributed by atoms with Gasteiger partial charge < -0.3 is 15.3 Å². The van der Waals surface area contributed by atoms with E-state index in [0.29, 0.717) is 25.7 Å². The lowest BCUT2D eigenvalue weighted by Gasteiger charge is -2.16. The van der Waals surface area contributed by atoms with Gasteiger partial charge in [-0.2, -0.15) is 0 Å². The maximum absolute atomic E-state index is 12.0. The zero-order valence-electron chi connectivity index (χ0n) is 16.0. The van der Waals surface area contributed by atoms with Crippen LogP contribution in [0.25, 0.3) is 0 Å². The molecule has 4 atom stereocenters. The lowest BCUT2D eigenvalue weighted by Crippen LogP contribution is -2.18. The molecular formula is C22H32O5. The van der Waals surface area contributed by atoms with Crippen LogP contribution in [0.15, 0.2) is 48.6 Å². The number of allylic oxidation sites excluding steroid dienone is 5. The lowest BCUT2D eigenvalue weighted by atomic mass is 9.90. The fourth-order valence-corrected chi connectivity index (χ4v) is 3.10. The number of Topliss-reactive ketones (excluding diaryl/α,β-unsaturated/α-hetero) is 1. The van der Waals surface area contributed by atoms with Crippen LogP contribution < -0.4 is 0 Å². The molecule has 0 aliphatic heterocycles. The molecule has 3 N–H and O–H groups in total. The Kier molecular flexibility index (Phi) is 11.3. The quantitative estimate of drug-likeness (QED) is 0.453. The van der Waals surface area contributed by atoms with E-state index >= 15 is 0 Å². The lowest BCUT2D eigenvalue weighted by molar-refractivity contribution is -0.136. The summed E-state index contributed by atoms with van der Waals surface area (Å²) in [5.74, 6) is -1.17. The van der Waals surface area contributed by atoms with Crippen molar-refractivity contribution >= 4 is 11.8 Å². The summed E-state index contributed by atoms with van der Waals surface area (Å²) in [4.78, 5) is 22.4. The van der Waals surface area contributed by atoms with Gasteiger partial charge in [0, 0.05) is 24.7 Å². The van der Waals surface area contributed by atoms with Gasteiger partial charge in [-0.3, -0.25) is 9.59 Å². The Morgan fingerprint density at radius 1 is 1.19 bits per heavy atom. The predicted octanol–water partition coefficient (Wildman–Crippen LogP) is 3.58. The molecule has 0 unspecified atom stereocenters. The van der Waals surface area contributed by atoms with E-state index < -0.39 is 18.2 Å². The highest BCUT2D eigenvalue weighted by Gasteiger charge is 2.39. The summed E-state index contributed by atoms with van der Waals surface area (Å²) in [6, 6.07) is 0. The Bertz CT molecular complexity index is 573. The van der Waals surface area contributed by atoms with Crippen LogP contribution in [0.1, 0.15) is 51.9 Å². The second kappa shape index (κ2) is 13.2. The number of aliphatic hydroxyl groups is 2. The minimum atomic E-state index is -0.803. The van der Waals surface area contributed by atoms with Crippen LogP contribution in [0.2, 0.25) is 0 Å². The Labute approximate surface area is 161 Å². The molecule has 0 amide bonds. The highest BCUT2D eigenvalue weighted by Crippen LogP contribution is 2.33. The fourth-order valence-electron chi connectivity index (χ4n) is 3.10. The van der Waals surface area contributed by atoms with Crippen molar-refractivity contribution in [1.82, 2.24) is 0 Å². The van der Waals surface area contributed by atoms with Crippen molar-refractivity contribution in [3.8, 4) is 0 Å². The van der Waals surface area contributed by atoms with E-state index in [4.69, 9.17) is 5.11 Å². The van der Waals surface area contributed by atoms with Gasteiger partial charge in [-0.15, -0.1) is 0 Å². The third kappa shape index (κ3) is 9.50. The molecule has 5 nitrogen and oxygen atoms in total. The van der Waals surface area contributed by atoms with E-state index in [1.54, 1.807) is 12.2 Å². The van der Waals surface area contributed by atoms with Gasteiger partial charge in [0.15, 0.2) is 0 Å². The molecule has 1 saturated carbocycles. The second-order valence-corrected chi connectivity index (χ2v) is 6.84. The third-order valence-corrected chi connectivity index (χ3v) is 4.59. The summed E-state index contributed by atoms with van der Waals surface area (Å²) in [6.45, 7) is 2.04. The average molecular weight is 376 g/mol. The SMILES string of the molecule is CC/C=C\C[C@@H]1C(=O)C[C@H](O)[C@@H]1/C=C/[C@H](O)C/C=C\C/C=C\CCC(=O)O. The van der Waals surface area contributed by atoms with Crippen LogP contribution in [-0.2, 0) is 9.59 Å². The summed E-state index contributed by atoms with van der Waals surface area (Å²) in [7, 11) is 0. The number of ketones is 1. The van der Waals surface area contributed by atoms with E-state index in [0.717, 1.165) is 6.42 Å². The molecule has 0 saturated heterocycles. The Morgan fingerprint density at radius 3 is 2.63 bits per heavy atom. The van der Waals surface area contributed by atoms with Crippen LogP contribution in [-0.4, -0.2) is 39.3 Å². The Hall–Kier alpha value is -1.98.